The molecule has 0 fully saturated rings. The number of thiophene rings is 1. The zero-order valence-electron chi connectivity index (χ0n) is 10.6. The summed E-state index contributed by atoms with van der Waals surface area (Å²) in [4.78, 5) is 0. The average molecular weight is 275 g/mol. The molecule has 1 N–H and O–H groups in total. The first-order valence-electron chi connectivity index (χ1n) is 5.88. The summed E-state index contributed by atoms with van der Waals surface area (Å²) < 4.78 is 23.1. The van der Waals surface area contributed by atoms with Gasteiger partial charge in [-0.1, -0.05) is 6.92 Å². The minimum atomic E-state index is -2.98. The van der Waals surface area contributed by atoms with Gasteiger partial charge in [-0.15, -0.1) is 0 Å². The fraction of sp³-hybridized carbons (Fsp3) is 0.667. The van der Waals surface area contributed by atoms with Gasteiger partial charge in [-0.3, -0.25) is 0 Å². The molecular weight excluding hydrogens is 254 g/mol. The van der Waals surface area contributed by atoms with Crippen molar-refractivity contribution in [3.63, 3.8) is 0 Å². The molecule has 0 aliphatic rings. The van der Waals surface area contributed by atoms with Crippen LogP contribution in [0.5, 0.6) is 0 Å². The van der Waals surface area contributed by atoms with Gasteiger partial charge in [0.25, 0.3) is 0 Å². The van der Waals surface area contributed by atoms with E-state index < -0.39 is 9.84 Å². The van der Waals surface area contributed by atoms with Crippen LogP contribution in [0.3, 0.4) is 0 Å². The summed E-state index contributed by atoms with van der Waals surface area (Å²) in [5.74, 6) is 0. The SMILES string of the molecule is CCNC(CCc1ccsc1)C(C)S(C)(=O)=O. The molecule has 0 bridgehead atoms. The van der Waals surface area contributed by atoms with Crippen LogP contribution in [-0.4, -0.2) is 32.5 Å². The van der Waals surface area contributed by atoms with Crippen molar-refractivity contribution in [2.24, 2.45) is 0 Å². The molecule has 0 amide bonds. The largest absolute Gasteiger partial charge is 0.313 e. The number of rotatable bonds is 7. The molecule has 0 aromatic carbocycles. The summed E-state index contributed by atoms with van der Waals surface area (Å²) in [6.45, 7) is 4.59. The summed E-state index contributed by atoms with van der Waals surface area (Å²) in [5, 5.41) is 7.12. The van der Waals surface area contributed by atoms with E-state index >= 15 is 0 Å². The van der Waals surface area contributed by atoms with Crippen LogP contribution in [0.1, 0.15) is 25.8 Å². The Bertz CT molecular complexity index is 412. The van der Waals surface area contributed by atoms with E-state index in [9.17, 15) is 8.42 Å². The van der Waals surface area contributed by atoms with Crippen LogP contribution in [-0.2, 0) is 16.3 Å². The molecule has 2 atom stereocenters. The second-order valence-electron chi connectivity index (χ2n) is 4.37. The lowest BCUT2D eigenvalue weighted by Gasteiger charge is -2.23. The van der Waals surface area contributed by atoms with Crippen molar-refractivity contribution >= 4 is 21.2 Å². The number of hydrogen-bond acceptors (Lipinski definition) is 4. The highest BCUT2D eigenvalue weighted by Crippen LogP contribution is 2.14. The van der Waals surface area contributed by atoms with E-state index in [1.807, 2.05) is 6.92 Å². The molecule has 1 aromatic heterocycles. The highest BCUT2D eigenvalue weighted by Gasteiger charge is 2.24. The first-order chi connectivity index (χ1) is 7.95. The zero-order chi connectivity index (χ0) is 12.9. The third kappa shape index (κ3) is 4.77. The van der Waals surface area contributed by atoms with Crippen LogP contribution >= 0.6 is 11.3 Å². The topological polar surface area (TPSA) is 46.2 Å². The zero-order valence-corrected chi connectivity index (χ0v) is 12.3. The van der Waals surface area contributed by atoms with Crippen LogP contribution in [0, 0.1) is 0 Å². The average Bonchev–Trinajstić information content (AvgIpc) is 2.74. The van der Waals surface area contributed by atoms with Crippen LogP contribution in [0.25, 0.3) is 0 Å². The highest BCUT2D eigenvalue weighted by atomic mass is 32.2. The standard InChI is InChI=1S/C12H21NO2S2/c1-4-13-12(10(2)17(3,14)15)6-5-11-7-8-16-9-11/h7-10,12-13H,4-6H2,1-3H3. The lowest BCUT2D eigenvalue weighted by atomic mass is 10.1. The second kappa shape index (κ2) is 6.52. The molecule has 1 heterocycles. The Labute approximate surface area is 108 Å². The van der Waals surface area contributed by atoms with Gasteiger partial charge >= 0.3 is 0 Å². The fourth-order valence-corrected chi connectivity index (χ4v) is 3.35. The number of hydrogen-bond donors (Lipinski definition) is 1. The van der Waals surface area contributed by atoms with Gasteiger partial charge in [0.05, 0.1) is 5.25 Å². The maximum Gasteiger partial charge on any atom is 0.151 e. The molecule has 0 aliphatic heterocycles. The maximum absolute atomic E-state index is 11.6. The van der Waals surface area contributed by atoms with E-state index in [1.54, 1.807) is 18.3 Å². The molecule has 98 valence electrons. The van der Waals surface area contributed by atoms with Gasteiger partial charge in [0, 0.05) is 12.3 Å². The third-order valence-corrected chi connectivity index (χ3v) is 5.44. The lowest BCUT2D eigenvalue weighted by Crippen LogP contribution is -2.42. The van der Waals surface area contributed by atoms with E-state index in [0.717, 1.165) is 19.4 Å². The van der Waals surface area contributed by atoms with Gasteiger partial charge in [0.1, 0.15) is 0 Å². The van der Waals surface area contributed by atoms with E-state index in [1.165, 1.54) is 11.8 Å². The van der Waals surface area contributed by atoms with Crippen molar-refractivity contribution in [2.45, 2.75) is 38.0 Å². The Kier molecular flexibility index (Phi) is 5.62. The Morgan fingerprint density at radius 2 is 2.18 bits per heavy atom. The molecule has 3 nitrogen and oxygen atoms in total. The lowest BCUT2D eigenvalue weighted by molar-refractivity contribution is 0.470. The molecule has 0 aliphatic carbocycles. The van der Waals surface area contributed by atoms with Crippen LogP contribution in [0.4, 0.5) is 0 Å². The first-order valence-corrected chi connectivity index (χ1v) is 8.78. The molecular formula is C12H21NO2S2. The predicted octanol–water partition coefficient (Wildman–Crippen LogP) is 2.09. The molecule has 0 saturated carbocycles. The molecule has 0 spiro atoms. The molecule has 17 heavy (non-hydrogen) atoms. The van der Waals surface area contributed by atoms with E-state index in [4.69, 9.17) is 0 Å². The van der Waals surface area contributed by atoms with Gasteiger partial charge < -0.3 is 5.32 Å². The Balaban J connectivity index is 2.60. The summed E-state index contributed by atoms with van der Waals surface area (Å²) in [6, 6.07) is 2.13. The van der Waals surface area contributed by atoms with Gasteiger partial charge in [-0.2, -0.15) is 11.3 Å². The van der Waals surface area contributed by atoms with Crippen molar-refractivity contribution < 1.29 is 8.42 Å². The first kappa shape index (κ1) is 14.7. The normalized spacial score (nSPS) is 15.7. The Morgan fingerprint density at radius 3 is 2.65 bits per heavy atom. The number of sulfone groups is 1. The molecule has 2 unspecified atom stereocenters. The number of nitrogens with one attached hydrogen (secondary N) is 1. The quantitative estimate of drug-likeness (QED) is 0.829. The van der Waals surface area contributed by atoms with E-state index in [2.05, 4.69) is 22.1 Å². The minimum absolute atomic E-state index is 0.0369. The van der Waals surface area contributed by atoms with Crippen LogP contribution < -0.4 is 5.32 Å². The van der Waals surface area contributed by atoms with Crippen LogP contribution in [0.15, 0.2) is 16.8 Å². The minimum Gasteiger partial charge on any atom is -0.313 e. The molecule has 0 saturated heterocycles. The monoisotopic (exact) mass is 275 g/mol. The van der Waals surface area contributed by atoms with Gasteiger partial charge in [0.2, 0.25) is 0 Å². The maximum atomic E-state index is 11.6. The van der Waals surface area contributed by atoms with Gasteiger partial charge in [0.15, 0.2) is 9.84 Å². The Morgan fingerprint density at radius 1 is 1.47 bits per heavy atom. The molecule has 0 radical (unpaired) electrons. The third-order valence-electron chi connectivity index (χ3n) is 3.03. The summed E-state index contributed by atoms with van der Waals surface area (Å²) in [5.41, 5.74) is 1.29. The Hall–Kier alpha value is -0.390. The van der Waals surface area contributed by atoms with Crippen molar-refractivity contribution in [1.29, 1.82) is 0 Å². The highest BCUT2D eigenvalue weighted by molar-refractivity contribution is 7.91. The van der Waals surface area contributed by atoms with Gasteiger partial charge in [-0.25, -0.2) is 8.42 Å². The van der Waals surface area contributed by atoms with Gasteiger partial charge in [-0.05, 0) is 48.7 Å². The summed E-state index contributed by atoms with van der Waals surface area (Å²) >= 11 is 1.68. The summed E-state index contributed by atoms with van der Waals surface area (Å²) in [7, 11) is -2.98. The number of aryl methyl sites for hydroxylation is 1. The van der Waals surface area contributed by atoms with E-state index in [-0.39, 0.29) is 11.3 Å². The molecule has 5 heteroatoms. The smallest absolute Gasteiger partial charge is 0.151 e. The van der Waals surface area contributed by atoms with Crippen molar-refractivity contribution in [3.8, 4) is 0 Å². The summed E-state index contributed by atoms with van der Waals surface area (Å²) in [6.07, 6.45) is 3.10. The second-order valence-corrected chi connectivity index (χ2v) is 7.55. The molecule has 1 aromatic rings. The van der Waals surface area contributed by atoms with E-state index in [0.29, 0.717) is 0 Å². The fourth-order valence-electron chi connectivity index (χ4n) is 1.82. The molecule has 1 rings (SSSR count). The predicted molar refractivity (Wildman–Crippen MR) is 74.4 cm³/mol. The van der Waals surface area contributed by atoms with Crippen LogP contribution in [0.2, 0.25) is 0 Å². The van der Waals surface area contributed by atoms with Crippen molar-refractivity contribution in [3.05, 3.63) is 22.4 Å². The van der Waals surface area contributed by atoms with Crippen molar-refractivity contribution in [2.75, 3.05) is 12.8 Å². The van der Waals surface area contributed by atoms with Crippen molar-refractivity contribution in [1.82, 2.24) is 5.32 Å².